The molecular formula is C22H30N2O5S. The summed E-state index contributed by atoms with van der Waals surface area (Å²) in [7, 11) is -0.852. The van der Waals surface area contributed by atoms with Crippen LogP contribution in [0.2, 0.25) is 0 Å². The molecule has 8 heteroatoms. The highest BCUT2D eigenvalue weighted by Gasteiger charge is 2.24. The predicted molar refractivity (Wildman–Crippen MR) is 118 cm³/mol. The van der Waals surface area contributed by atoms with Gasteiger partial charge < -0.3 is 14.8 Å². The summed E-state index contributed by atoms with van der Waals surface area (Å²) >= 11 is 0. The number of nitrogens with one attached hydrogen (secondary N) is 1. The molecule has 2 aromatic carbocycles. The van der Waals surface area contributed by atoms with Crippen LogP contribution in [0.25, 0.3) is 0 Å². The van der Waals surface area contributed by atoms with Crippen LogP contribution in [0.1, 0.15) is 22.3 Å². The highest BCUT2D eigenvalue weighted by atomic mass is 32.2. The minimum Gasteiger partial charge on any atom is -0.491 e. The van der Waals surface area contributed by atoms with Crippen molar-refractivity contribution in [2.75, 3.05) is 39.2 Å². The van der Waals surface area contributed by atoms with E-state index in [9.17, 15) is 13.2 Å². The highest BCUT2D eigenvalue weighted by Crippen LogP contribution is 2.24. The molecule has 164 valence electrons. The van der Waals surface area contributed by atoms with Crippen LogP contribution in [0.4, 0.5) is 5.69 Å². The summed E-state index contributed by atoms with van der Waals surface area (Å²) < 4.78 is 37.4. The lowest BCUT2D eigenvalue weighted by Gasteiger charge is -2.19. The Morgan fingerprint density at radius 2 is 1.63 bits per heavy atom. The van der Waals surface area contributed by atoms with Gasteiger partial charge in [0.15, 0.2) is 0 Å². The van der Waals surface area contributed by atoms with Crippen molar-refractivity contribution in [3.8, 4) is 5.75 Å². The molecule has 0 aliphatic heterocycles. The number of aryl methyl sites for hydroxylation is 4. The molecule has 1 N–H and O–H groups in total. The highest BCUT2D eigenvalue weighted by molar-refractivity contribution is 7.89. The lowest BCUT2D eigenvalue weighted by Crippen LogP contribution is -2.35. The lowest BCUT2D eigenvalue weighted by atomic mass is 10.1. The molecule has 0 heterocycles. The van der Waals surface area contributed by atoms with Gasteiger partial charge in [0.2, 0.25) is 15.9 Å². The fourth-order valence-electron chi connectivity index (χ4n) is 3.20. The van der Waals surface area contributed by atoms with Crippen molar-refractivity contribution in [2.45, 2.75) is 32.6 Å². The summed E-state index contributed by atoms with van der Waals surface area (Å²) in [6.45, 7) is 8.11. The molecule has 0 aromatic heterocycles. The SMILES string of the molecule is COCCOc1ccc(S(=O)(=O)N(C)CC(=O)Nc2c(C)cc(C)cc2C)cc1C. The zero-order valence-corrected chi connectivity index (χ0v) is 19.2. The number of anilines is 1. The van der Waals surface area contributed by atoms with Crippen LogP contribution in [0, 0.1) is 27.7 Å². The standard InChI is InChI=1S/C22H30N2O5S/c1-15-11-17(3)22(18(4)12-15)23-21(25)14-24(5)30(26,27)19-7-8-20(16(2)13-19)29-10-9-28-6/h7-8,11-13H,9-10,14H2,1-6H3,(H,23,25). The number of carbonyl (C=O) groups is 1. The van der Waals surface area contributed by atoms with Crippen LogP contribution < -0.4 is 10.1 Å². The fourth-order valence-corrected chi connectivity index (χ4v) is 4.42. The van der Waals surface area contributed by atoms with Gasteiger partial charge in [-0.15, -0.1) is 0 Å². The largest absolute Gasteiger partial charge is 0.491 e. The number of rotatable bonds is 9. The van der Waals surface area contributed by atoms with Gasteiger partial charge in [-0.25, -0.2) is 8.42 Å². The van der Waals surface area contributed by atoms with Gasteiger partial charge in [0.05, 0.1) is 18.0 Å². The van der Waals surface area contributed by atoms with Crippen molar-refractivity contribution in [1.29, 1.82) is 0 Å². The Hall–Kier alpha value is -2.42. The second-order valence-electron chi connectivity index (χ2n) is 7.35. The predicted octanol–water partition coefficient (Wildman–Crippen LogP) is 3.20. The van der Waals surface area contributed by atoms with Gasteiger partial charge in [-0.3, -0.25) is 4.79 Å². The maximum absolute atomic E-state index is 12.9. The Morgan fingerprint density at radius 1 is 1.00 bits per heavy atom. The molecule has 0 saturated heterocycles. The molecule has 30 heavy (non-hydrogen) atoms. The number of hydrogen-bond donors (Lipinski definition) is 1. The normalized spacial score (nSPS) is 11.6. The summed E-state index contributed by atoms with van der Waals surface area (Å²) in [5.41, 5.74) is 4.38. The van der Waals surface area contributed by atoms with E-state index in [1.54, 1.807) is 26.2 Å². The Labute approximate surface area is 179 Å². The summed E-state index contributed by atoms with van der Waals surface area (Å²) in [6, 6.07) is 8.59. The second-order valence-corrected chi connectivity index (χ2v) is 9.40. The number of nitrogens with zero attached hydrogens (tertiary/aromatic N) is 1. The number of hydrogen-bond acceptors (Lipinski definition) is 5. The number of sulfonamides is 1. The quantitative estimate of drug-likeness (QED) is 0.613. The third-order valence-electron chi connectivity index (χ3n) is 4.71. The average Bonchev–Trinajstić information content (AvgIpc) is 2.65. The maximum Gasteiger partial charge on any atom is 0.243 e. The van der Waals surface area contributed by atoms with E-state index in [0.29, 0.717) is 30.2 Å². The van der Waals surface area contributed by atoms with Gasteiger partial charge >= 0.3 is 0 Å². The van der Waals surface area contributed by atoms with Crippen molar-refractivity contribution >= 4 is 21.6 Å². The smallest absolute Gasteiger partial charge is 0.243 e. The van der Waals surface area contributed by atoms with E-state index in [1.807, 2.05) is 32.9 Å². The van der Waals surface area contributed by atoms with Crippen molar-refractivity contribution in [2.24, 2.45) is 0 Å². The molecule has 0 aliphatic carbocycles. The summed E-state index contributed by atoms with van der Waals surface area (Å²) in [4.78, 5) is 12.6. The molecule has 0 radical (unpaired) electrons. The molecule has 0 spiro atoms. The fraction of sp³-hybridized carbons (Fsp3) is 0.409. The monoisotopic (exact) mass is 434 g/mol. The first-order chi connectivity index (χ1) is 14.1. The summed E-state index contributed by atoms with van der Waals surface area (Å²) in [5.74, 6) is 0.198. The number of ether oxygens (including phenoxy) is 2. The Balaban J connectivity index is 2.11. The van der Waals surface area contributed by atoms with Crippen LogP contribution in [0.5, 0.6) is 5.75 Å². The topological polar surface area (TPSA) is 84.9 Å². The summed E-state index contributed by atoms with van der Waals surface area (Å²) in [5, 5.41) is 2.83. The molecule has 0 aliphatic rings. The van der Waals surface area contributed by atoms with E-state index in [4.69, 9.17) is 9.47 Å². The molecule has 0 unspecified atom stereocenters. The van der Waals surface area contributed by atoms with Gasteiger partial charge in [0.25, 0.3) is 0 Å². The van der Waals surface area contributed by atoms with Crippen LogP contribution in [-0.4, -0.2) is 52.5 Å². The Morgan fingerprint density at radius 3 is 2.20 bits per heavy atom. The zero-order chi connectivity index (χ0) is 22.5. The lowest BCUT2D eigenvalue weighted by molar-refractivity contribution is -0.116. The molecule has 1 amide bonds. The van der Waals surface area contributed by atoms with Crippen molar-refractivity contribution < 1.29 is 22.7 Å². The third kappa shape index (κ3) is 5.81. The zero-order valence-electron chi connectivity index (χ0n) is 18.4. The molecule has 2 aromatic rings. The third-order valence-corrected chi connectivity index (χ3v) is 6.51. The van der Waals surface area contributed by atoms with Gasteiger partial charge in [0, 0.05) is 19.8 Å². The molecule has 7 nitrogen and oxygen atoms in total. The molecule has 0 atom stereocenters. The van der Waals surface area contributed by atoms with E-state index < -0.39 is 15.9 Å². The van der Waals surface area contributed by atoms with Crippen LogP contribution in [-0.2, 0) is 19.6 Å². The van der Waals surface area contributed by atoms with Crippen molar-refractivity contribution in [1.82, 2.24) is 4.31 Å². The van der Waals surface area contributed by atoms with E-state index in [-0.39, 0.29) is 11.4 Å². The number of methoxy groups -OCH3 is 1. The number of carbonyl (C=O) groups excluding carboxylic acids is 1. The van der Waals surface area contributed by atoms with Gasteiger partial charge in [-0.2, -0.15) is 4.31 Å². The van der Waals surface area contributed by atoms with Crippen molar-refractivity contribution in [3.63, 3.8) is 0 Å². The molecule has 0 saturated carbocycles. The maximum atomic E-state index is 12.9. The molecule has 0 bridgehead atoms. The molecule has 2 rings (SSSR count). The van der Waals surface area contributed by atoms with Gasteiger partial charge in [0.1, 0.15) is 12.4 Å². The van der Waals surface area contributed by atoms with E-state index in [2.05, 4.69) is 5.32 Å². The van der Waals surface area contributed by atoms with Gasteiger partial charge in [-0.05, 0) is 62.6 Å². The first-order valence-corrected chi connectivity index (χ1v) is 11.1. The Kier molecular flexibility index (Phi) is 8.00. The van der Waals surface area contributed by atoms with E-state index >= 15 is 0 Å². The molecule has 0 fully saturated rings. The molecular weight excluding hydrogens is 404 g/mol. The minimum absolute atomic E-state index is 0.108. The summed E-state index contributed by atoms with van der Waals surface area (Å²) in [6.07, 6.45) is 0. The minimum atomic E-state index is -3.83. The Bertz CT molecular complexity index is 995. The number of amides is 1. The van der Waals surface area contributed by atoms with Crippen molar-refractivity contribution in [3.05, 3.63) is 52.6 Å². The second kappa shape index (κ2) is 10.1. The average molecular weight is 435 g/mol. The van der Waals surface area contributed by atoms with E-state index in [0.717, 1.165) is 21.0 Å². The first kappa shape index (κ1) is 23.9. The van der Waals surface area contributed by atoms with Crippen LogP contribution in [0.3, 0.4) is 0 Å². The number of likely N-dealkylation sites (N-methyl/N-ethyl adjacent to an activating group) is 1. The van der Waals surface area contributed by atoms with E-state index in [1.165, 1.54) is 13.1 Å². The van der Waals surface area contributed by atoms with Crippen LogP contribution >= 0.6 is 0 Å². The van der Waals surface area contributed by atoms with Crippen LogP contribution in [0.15, 0.2) is 35.2 Å². The number of benzene rings is 2. The van der Waals surface area contributed by atoms with Gasteiger partial charge in [-0.1, -0.05) is 17.7 Å². The first-order valence-electron chi connectivity index (χ1n) is 9.62.